The lowest BCUT2D eigenvalue weighted by Crippen LogP contribution is -2.38. The zero-order valence-corrected chi connectivity index (χ0v) is 9.93. The van der Waals surface area contributed by atoms with E-state index in [0.29, 0.717) is 18.4 Å². The first-order valence-electron chi connectivity index (χ1n) is 5.27. The molecule has 6 heteroatoms. The van der Waals surface area contributed by atoms with E-state index in [1.807, 2.05) is 0 Å². The monoisotopic (exact) mass is 256 g/mol. The van der Waals surface area contributed by atoms with Crippen LogP contribution in [0.1, 0.15) is 24.0 Å². The Morgan fingerprint density at radius 2 is 1.94 bits per heavy atom. The van der Waals surface area contributed by atoms with Crippen LogP contribution in [0.15, 0.2) is 24.3 Å². The summed E-state index contributed by atoms with van der Waals surface area (Å²) in [7, 11) is -4.76. The summed E-state index contributed by atoms with van der Waals surface area (Å²) in [5.74, 6) is -1.45. The smallest absolute Gasteiger partial charge is 0.347 e. The predicted molar refractivity (Wildman–Crippen MR) is 60.7 cm³/mol. The van der Waals surface area contributed by atoms with Gasteiger partial charge in [-0.15, -0.1) is 0 Å². The van der Waals surface area contributed by atoms with E-state index in [0.717, 1.165) is 0 Å². The second kappa shape index (κ2) is 3.95. The standard InChI is InChI=1S/C11H13O5P/c12-10(13)11(17(14,15)16)7-3-5-8-4-1-2-6-9(8)11/h1-2,4,6H,3,5,7H2,(H,12,13)(H2,14,15,16). The molecule has 1 atom stereocenters. The third-order valence-electron chi connectivity index (χ3n) is 3.30. The summed E-state index contributed by atoms with van der Waals surface area (Å²) in [5, 5.41) is 7.21. The van der Waals surface area contributed by atoms with E-state index in [-0.39, 0.29) is 12.0 Å². The van der Waals surface area contributed by atoms with Gasteiger partial charge in [-0.1, -0.05) is 24.3 Å². The molecule has 0 saturated heterocycles. The zero-order chi connectivity index (χ0) is 12.7. The molecule has 5 nitrogen and oxygen atoms in total. The number of hydrogen-bond acceptors (Lipinski definition) is 2. The van der Waals surface area contributed by atoms with Gasteiger partial charge in [0.25, 0.3) is 0 Å². The fraction of sp³-hybridized carbons (Fsp3) is 0.364. The Morgan fingerprint density at radius 1 is 1.29 bits per heavy atom. The summed E-state index contributed by atoms with van der Waals surface area (Å²) in [4.78, 5) is 30.3. The van der Waals surface area contributed by atoms with Gasteiger partial charge in [0.15, 0.2) is 5.16 Å². The molecule has 0 heterocycles. The highest BCUT2D eigenvalue weighted by Gasteiger charge is 2.56. The molecule has 0 radical (unpaired) electrons. The van der Waals surface area contributed by atoms with Crippen LogP contribution >= 0.6 is 7.60 Å². The van der Waals surface area contributed by atoms with Crippen LogP contribution in [0.4, 0.5) is 0 Å². The van der Waals surface area contributed by atoms with Gasteiger partial charge in [0, 0.05) is 0 Å². The van der Waals surface area contributed by atoms with Crippen LogP contribution in [0, 0.1) is 0 Å². The molecule has 1 aromatic carbocycles. The molecule has 2 rings (SSSR count). The van der Waals surface area contributed by atoms with Gasteiger partial charge in [-0.2, -0.15) is 0 Å². The Hall–Kier alpha value is -1.16. The molecule has 1 aliphatic carbocycles. The van der Waals surface area contributed by atoms with Crippen molar-refractivity contribution in [2.45, 2.75) is 24.4 Å². The second-order valence-corrected chi connectivity index (χ2v) is 6.07. The first-order chi connectivity index (χ1) is 7.89. The first-order valence-corrected chi connectivity index (χ1v) is 6.88. The average molecular weight is 256 g/mol. The highest BCUT2D eigenvalue weighted by atomic mass is 31.2. The highest BCUT2D eigenvalue weighted by molar-refractivity contribution is 7.54. The molecule has 92 valence electrons. The number of rotatable bonds is 2. The maximum atomic E-state index is 11.6. The first kappa shape index (κ1) is 12.3. The van der Waals surface area contributed by atoms with Crippen molar-refractivity contribution in [1.82, 2.24) is 0 Å². The molecule has 1 aliphatic rings. The molecule has 1 aromatic rings. The largest absolute Gasteiger partial charge is 0.480 e. The van der Waals surface area contributed by atoms with Gasteiger partial charge in [0.2, 0.25) is 0 Å². The van der Waals surface area contributed by atoms with Gasteiger partial charge in [0.1, 0.15) is 0 Å². The topological polar surface area (TPSA) is 94.8 Å². The number of benzene rings is 1. The molecule has 1 unspecified atom stereocenters. The number of fused-ring (bicyclic) bond motifs is 1. The van der Waals surface area contributed by atoms with Crippen molar-refractivity contribution >= 4 is 13.6 Å². The minimum Gasteiger partial charge on any atom is -0.480 e. The summed E-state index contributed by atoms with van der Waals surface area (Å²) in [6.07, 6.45) is 1.10. The maximum Gasteiger partial charge on any atom is 0.347 e. The van der Waals surface area contributed by atoms with Crippen molar-refractivity contribution in [1.29, 1.82) is 0 Å². The summed E-state index contributed by atoms with van der Waals surface area (Å²) >= 11 is 0. The lowest BCUT2D eigenvalue weighted by molar-refractivity contribution is -0.141. The van der Waals surface area contributed by atoms with E-state index in [9.17, 15) is 24.3 Å². The molecule has 0 aromatic heterocycles. The Morgan fingerprint density at radius 3 is 2.53 bits per heavy atom. The molecule has 0 spiro atoms. The van der Waals surface area contributed by atoms with Crippen LogP contribution in [0.2, 0.25) is 0 Å². The normalized spacial score (nSPS) is 24.1. The fourth-order valence-corrected chi connectivity index (χ4v) is 3.69. The number of hydrogen-bond donors (Lipinski definition) is 3. The lowest BCUT2D eigenvalue weighted by atomic mass is 9.82. The average Bonchev–Trinajstić information content (AvgIpc) is 2.26. The zero-order valence-electron chi connectivity index (χ0n) is 9.04. The van der Waals surface area contributed by atoms with Gasteiger partial charge >= 0.3 is 13.6 Å². The van der Waals surface area contributed by atoms with Gasteiger partial charge in [-0.3, -0.25) is 9.36 Å². The van der Waals surface area contributed by atoms with Gasteiger partial charge in [0.05, 0.1) is 0 Å². The highest BCUT2D eigenvalue weighted by Crippen LogP contribution is 2.61. The molecular formula is C11H13O5P. The SMILES string of the molecule is O=C(O)C1(P(=O)(O)O)CCCc2ccccc21. The van der Waals surface area contributed by atoms with E-state index in [2.05, 4.69) is 0 Å². The number of aryl methyl sites for hydroxylation is 1. The van der Waals surface area contributed by atoms with Gasteiger partial charge in [-0.25, -0.2) is 0 Å². The number of carboxylic acids is 1. The Bertz CT molecular complexity index is 506. The second-order valence-electron chi connectivity index (χ2n) is 4.22. The molecular weight excluding hydrogens is 243 g/mol. The summed E-state index contributed by atoms with van der Waals surface area (Å²) < 4.78 is 11.6. The Kier molecular flexibility index (Phi) is 2.86. The molecule has 0 saturated carbocycles. The Labute approximate surface area is 98.3 Å². The van der Waals surface area contributed by atoms with E-state index in [1.165, 1.54) is 6.07 Å². The van der Waals surface area contributed by atoms with Crippen molar-refractivity contribution in [2.75, 3.05) is 0 Å². The van der Waals surface area contributed by atoms with E-state index < -0.39 is 18.7 Å². The summed E-state index contributed by atoms with van der Waals surface area (Å²) in [6.45, 7) is 0. The maximum absolute atomic E-state index is 11.6. The van der Waals surface area contributed by atoms with Crippen LogP contribution in [0.3, 0.4) is 0 Å². The van der Waals surface area contributed by atoms with Crippen molar-refractivity contribution in [2.24, 2.45) is 0 Å². The van der Waals surface area contributed by atoms with E-state index >= 15 is 0 Å². The van der Waals surface area contributed by atoms with Crippen molar-refractivity contribution < 1.29 is 24.3 Å². The third-order valence-corrected chi connectivity index (χ3v) is 4.95. The van der Waals surface area contributed by atoms with Crippen LogP contribution in [-0.2, 0) is 20.9 Å². The van der Waals surface area contributed by atoms with Crippen molar-refractivity contribution in [3.05, 3.63) is 35.4 Å². The van der Waals surface area contributed by atoms with E-state index in [1.54, 1.807) is 18.2 Å². The van der Waals surface area contributed by atoms with Crippen molar-refractivity contribution in [3.8, 4) is 0 Å². The molecule has 0 aliphatic heterocycles. The molecule has 0 amide bonds. The van der Waals surface area contributed by atoms with Crippen LogP contribution in [0.5, 0.6) is 0 Å². The number of carboxylic acid groups (broad SMARTS) is 1. The van der Waals surface area contributed by atoms with Crippen LogP contribution in [0.25, 0.3) is 0 Å². The molecule has 0 bridgehead atoms. The molecule has 3 N–H and O–H groups in total. The van der Waals surface area contributed by atoms with Crippen LogP contribution < -0.4 is 0 Å². The molecule has 17 heavy (non-hydrogen) atoms. The minimum atomic E-state index is -4.76. The quantitative estimate of drug-likeness (QED) is 0.696. The predicted octanol–water partition coefficient (Wildman–Crippen LogP) is 1.48. The van der Waals surface area contributed by atoms with E-state index in [4.69, 9.17) is 0 Å². The molecule has 0 fully saturated rings. The van der Waals surface area contributed by atoms with Crippen LogP contribution in [-0.4, -0.2) is 20.9 Å². The fourth-order valence-electron chi connectivity index (χ4n) is 2.46. The number of carbonyl (C=O) groups is 1. The third kappa shape index (κ3) is 1.71. The summed E-state index contributed by atoms with van der Waals surface area (Å²) in [5.41, 5.74) is 0.969. The van der Waals surface area contributed by atoms with Gasteiger partial charge < -0.3 is 14.9 Å². The van der Waals surface area contributed by atoms with Crippen molar-refractivity contribution in [3.63, 3.8) is 0 Å². The lowest BCUT2D eigenvalue weighted by Gasteiger charge is -2.35. The van der Waals surface area contributed by atoms with Gasteiger partial charge in [-0.05, 0) is 30.4 Å². The summed E-state index contributed by atoms with van der Waals surface area (Å²) in [6, 6.07) is 6.58. The Balaban J connectivity index is 2.73. The number of aliphatic carboxylic acids is 1. The minimum absolute atomic E-state index is 0.0242.